The fourth-order valence-corrected chi connectivity index (χ4v) is 2.78. The van der Waals surface area contributed by atoms with Gasteiger partial charge in [0.25, 0.3) is 17.8 Å². The summed E-state index contributed by atoms with van der Waals surface area (Å²) in [5.74, 6) is -6.19. The van der Waals surface area contributed by atoms with Crippen LogP contribution in [0.15, 0.2) is 24.3 Å². The highest BCUT2D eigenvalue weighted by molar-refractivity contribution is 6.41. The number of esters is 1. The molecule has 0 saturated heterocycles. The summed E-state index contributed by atoms with van der Waals surface area (Å²) in [5, 5.41) is -0.691. The van der Waals surface area contributed by atoms with Gasteiger partial charge in [0.2, 0.25) is 5.82 Å². The fraction of sp³-hybridized carbons (Fsp3) is 0.176. The molecule has 0 atom stereocenters. The molecular formula is C17H11ClF2N2O4. The van der Waals surface area contributed by atoms with Crippen LogP contribution in [-0.4, -0.2) is 28.9 Å². The highest BCUT2D eigenvalue weighted by Gasteiger charge is 2.41. The molecule has 0 spiro atoms. The number of anilines is 1. The number of fused-ring (bicyclic) bond motifs is 1. The largest absolute Gasteiger partial charge is 0.458 e. The van der Waals surface area contributed by atoms with Crippen LogP contribution in [0.2, 0.25) is 5.02 Å². The van der Waals surface area contributed by atoms with Crippen molar-refractivity contribution >= 4 is 35.1 Å². The Kier molecular flexibility index (Phi) is 4.45. The van der Waals surface area contributed by atoms with E-state index in [1.165, 1.54) is 38.1 Å². The Labute approximate surface area is 151 Å². The van der Waals surface area contributed by atoms with Gasteiger partial charge in [0.15, 0.2) is 5.69 Å². The Morgan fingerprint density at radius 2 is 1.69 bits per heavy atom. The summed E-state index contributed by atoms with van der Waals surface area (Å²) in [6, 6.07) is 5.77. The van der Waals surface area contributed by atoms with E-state index in [0.29, 0.717) is 4.90 Å². The van der Waals surface area contributed by atoms with Crippen molar-refractivity contribution in [3.8, 4) is 0 Å². The fourth-order valence-electron chi connectivity index (χ4n) is 2.50. The summed E-state index contributed by atoms with van der Waals surface area (Å²) >= 11 is 6.00. The van der Waals surface area contributed by atoms with Gasteiger partial charge in [-0.15, -0.1) is 0 Å². The number of nitrogens with zero attached hydrogens (tertiary/aromatic N) is 2. The van der Waals surface area contributed by atoms with Crippen molar-refractivity contribution in [2.45, 2.75) is 20.0 Å². The van der Waals surface area contributed by atoms with Crippen molar-refractivity contribution in [2.75, 3.05) is 4.90 Å². The number of aromatic nitrogens is 1. The van der Waals surface area contributed by atoms with Gasteiger partial charge in [-0.25, -0.2) is 14.7 Å². The molecule has 2 aromatic rings. The van der Waals surface area contributed by atoms with Crippen molar-refractivity contribution in [1.82, 2.24) is 4.98 Å². The molecule has 1 aliphatic heterocycles. The molecule has 9 heteroatoms. The summed E-state index contributed by atoms with van der Waals surface area (Å²) in [4.78, 5) is 40.6. The number of halogens is 3. The number of rotatable bonds is 3. The van der Waals surface area contributed by atoms with Gasteiger partial charge < -0.3 is 4.74 Å². The zero-order valence-electron chi connectivity index (χ0n) is 13.5. The minimum atomic E-state index is -1.68. The molecule has 2 heterocycles. The maximum Gasteiger partial charge on any atom is 0.358 e. The lowest BCUT2D eigenvalue weighted by atomic mass is 10.1. The van der Waals surface area contributed by atoms with Crippen LogP contribution in [0.4, 0.5) is 14.5 Å². The lowest BCUT2D eigenvalue weighted by molar-refractivity contribution is 0.0369. The van der Waals surface area contributed by atoms with Crippen molar-refractivity contribution < 1.29 is 27.9 Å². The highest BCUT2D eigenvalue weighted by Crippen LogP contribution is 2.37. The smallest absolute Gasteiger partial charge is 0.358 e. The molecule has 0 bridgehead atoms. The molecule has 26 heavy (non-hydrogen) atoms. The van der Waals surface area contributed by atoms with Gasteiger partial charge in [0, 0.05) is 0 Å². The van der Waals surface area contributed by atoms with Gasteiger partial charge in [0.05, 0.1) is 17.2 Å². The molecule has 1 aromatic heterocycles. The Hall–Kier alpha value is -2.87. The SMILES string of the molecule is CC(C)OC(=O)c1nc(F)c(F)c(N2C(=O)c3ccccc3C2=O)c1Cl. The van der Waals surface area contributed by atoms with Gasteiger partial charge in [-0.2, -0.15) is 8.78 Å². The van der Waals surface area contributed by atoms with Gasteiger partial charge >= 0.3 is 5.97 Å². The summed E-state index contributed by atoms with van der Waals surface area (Å²) in [5.41, 5.74) is -1.58. The molecule has 0 aliphatic carbocycles. The van der Waals surface area contributed by atoms with Crippen molar-refractivity contribution in [3.63, 3.8) is 0 Å². The van der Waals surface area contributed by atoms with Crippen LogP contribution in [0.5, 0.6) is 0 Å². The van der Waals surface area contributed by atoms with Crippen LogP contribution < -0.4 is 4.90 Å². The van der Waals surface area contributed by atoms with Gasteiger partial charge in [-0.3, -0.25) is 9.59 Å². The van der Waals surface area contributed by atoms with E-state index < -0.39 is 52.1 Å². The van der Waals surface area contributed by atoms with E-state index in [1.807, 2.05) is 0 Å². The van der Waals surface area contributed by atoms with Crippen LogP contribution in [-0.2, 0) is 4.74 Å². The lowest BCUT2D eigenvalue weighted by Crippen LogP contribution is -2.32. The number of hydrogen-bond acceptors (Lipinski definition) is 5. The Bertz CT molecular complexity index is 927. The van der Waals surface area contributed by atoms with E-state index in [9.17, 15) is 23.2 Å². The highest BCUT2D eigenvalue weighted by atomic mass is 35.5. The van der Waals surface area contributed by atoms with Crippen LogP contribution >= 0.6 is 11.6 Å². The molecule has 1 aromatic carbocycles. The normalized spacial score (nSPS) is 13.4. The van der Waals surface area contributed by atoms with E-state index in [2.05, 4.69) is 4.98 Å². The van der Waals surface area contributed by atoms with Crippen molar-refractivity contribution in [3.05, 3.63) is 57.9 Å². The first-order valence-corrected chi connectivity index (χ1v) is 7.85. The maximum atomic E-state index is 14.4. The number of pyridine rings is 1. The molecule has 0 fully saturated rings. The van der Waals surface area contributed by atoms with Crippen LogP contribution in [0.25, 0.3) is 0 Å². The third-order valence-electron chi connectivity index (χ3n) is 3.57. The Morgan fingerprint density at radius 3 is 2.19 bits per heavy atom. The first-order valence-electron chi connectivity index (χ1n) is 7.47. The predicted octanol–water partition coefficient (Wildman–Crippen LogP) is 3.38. The molecule has 6 nitrogen and oxygen atoms in total. The first-order chi connectivity index (χ1) is 12.2. The zero-order chi connectivity index (χ0) is 19.2. The first kappa shape index (κ1) is 17.9. The number of amides is 2. The quantitative estimate of drug-likeness (QED) is 0.463. The molecule has 134 valence electrons. The molecule has 0 saturated carbocycles. The molecule has 0 N–H and O–H groups in total. The topological polar surface area (TPSA) is 76.6 Å². The third kappa shape index (κ3) is 2.72. The maximum absolute atomic E-state index is 14.4. The third-order valence-corrected chi connectivity index (χ3v) is 3.93. The van der Waals surface area contributed by atoms with E-state index in [0.717, 1.165) is 0 Å². The van der Waals surface area contributed by atoms with E-state index >= 15 is 0 Å². The van der Waals surface area contributed by atoms with Crippen molar-refractivity contribution in [2.24, 2.45) is 0 Å². The minimum Gasteiger partial charge on any atom is -0.458 e. The zero-order valence-corrected chi connectivity index (χ0v) is 14.3. The average molecular weight is 381 g/mol. The monoisotopic (exact) mass is 380 g/mol. The Balaban J connectivity index is 2.17. The van der Waals surface area contributed by atoms with Crippen LogP contribution in [0, 0.1) is 11.8 Å². The number of benzene rings is 1. The summed E-state index contributed by atoms with van der Waals surface area (Å²) in [6.45, 7) is 3.08. The number of ether oxygens (including phenoxy) is 1. The number of hydrogen-bond donors (Lipinski definition) is 0. The summed E-state index contributed by atoms with van der Waals surface area (Å²) < 4.78 is 33.2. The molecule has 3 rings (SSSR count). The standard InChI is InChI=1S/C17H11ClF2N2O4/c1-7(2)26-17(25)12-10(18)13(11(19)14(20)21-12)22-15(23)8-5-3-4-6-9(8)16(22)24/h3-7H,1-2H3. The minimum absolute atomic E-state index is 0.0106. The predicted molar refractivity (Wildman–Crippen MR) is 87.3 cm³/mol. The number of carbonyl (C=O) groups is 3. The molecule has 2 amide bonds. The molecule has 1 aliphatic rings. The van der Waals surface area contributed by atoms with E-state index in [-0.39, 0.29) is 11.1 Å². The van der Waals surface area contributed by atoms with Gasteiger partial charge in [-0.05, 0) is 26.0 Å². The van der Waals surface area contributed by atoms with E-state index in [1.54, 1.807) is 0 Å². The second kappa shape index (κ2) is 6.45. The lowest BCUT2D eigenvalue weighted by Gasteiger charge is -2.18. The van der Waals surface area contributed by atoms with E-state index in [4.69, 9.17) is 16.3 Å². The summed E-state index contributed by atoms with van der Waals surface area (Å²) in [7, 11) is 0. The van der Waals surface area contributed by atoms with Crippen molar-refractivity contribution in [1.29, 1.82) is 0 Å². The Morgan fingerprint density at radius 1 is 1.15 bits per heavy atom. The number of carbonyl (C=O) groups excluding carboxylic acids is 3. The summed E-state index contributed by atoms with van der Waals surface area (Å²) in [6.07, 6.45) is -0.573. The van der Waals surface area contributed by atoms with Crippen LogP contribution in [0.3, 0.4) is 0 Å². The molecular weight excluding hydrogens is 370 g/mol. The second-order valence-corrected chi connectivity index (χ2v) is 6.05. The van der Waals surface area contributed by atoms with Crippen LogP contribution in [0.1, 0.15) is 45.1 Å². The second-order valence-electron chi connectivity index (χ2n) is 5.67. The van der Waals surface area contributed by atoms with Gasteiger partial charge in [-0.1, -0.05) is 23.7 Å². The van der Waals surface area contributed by atoms with Gasteiger partial charge in [0.1, 0.15) is 10.7 Å². The molecule has 0 radical (unpaired) electrons. The molecule has 0 unspecified atom stereocenters. The number of imide groups is 1. The average Bonchev–Trinajstić information content (AvgIpc) is 2.83.